The van der Waals surface area contributed by atoms with Crippen LogP contribution < -0.4 is 14.4 Å². The van der Waals surface area contributed by atoms with Gasteiger partial charge in [0, 0.05) is 16.3 Å². The Morgan fingerprint density at radius 3 is 2.21 bits per heavy atom. The monoisotopic (exact) mass is 417 g/mol. The minimum Gasteiger partial charge on any atom is -0.497 e. The number of benzene rings is 2. The molecule has 0 N–H and O–H groups in total. The van der Waals surface area contributed by atoms with Crippen molar-refractivity contribution >= 4 is 46.4 Å². The van der Waals surface area contributed by atoms with Crippen molar-refractivity contribution < 1.29 is 19.1 Å². The molecule has 2 amide bonds. The van der Waals surface area contributed by atoms with E-state index >= 15 is 0 Å². The molecule has 0 saturated carbocycles. The van der Waals surface area contributed by atoms with Crippen molar-refractivity contribution in [2.75, 3.05) is 19.1 Å². The van der Waals surface area contributed by atoms with E-state index in [1.165, 1.54) is 26.0 Å². The van der Waals surface area contributed by atoms with E-state index in [4.69, 9.17) is 21.1 Å². The lowest BCUT2D eigenvalue weighted by Gasteiger charge is -2.19. The summed E-state index contributed by atoms with van der Waals surface area (Å²) in [5.74, 6) is 0.200. The average Bonchev–Trinajstić information content (AvgIpc) is 2.91. The number of methoxy groups -OCH3 is 2. The van der Waals surface area contributed by atoms with E-state index in [-0.39, 0.29) is 17.1 Å². The molecule has 146 valence electrons. The number of nitrogens with zero attached hydrogens (tertiary/aromatic N) is 1. The molecule has 3 rings (SSSR count). The summed E-state index contributed by atoms with van der Waals surface area (Å²) in [6.45, 7) is 3.96. The number of hydrogen-bond donors (Lipinski definition) is 0. The van der Waals surface area contributed by atoms with E-state index in [0.717, 1.165) is 4.90 Å². The number of carbonyl (C=O) groups excluding carboxylic acids is 2. The minimum atomic E-state index is -0.390. The van der Waals surface area contributed by atoms with Crippen molar-refractivity contribution in [1.82, 2.24) is 0 Å². The average molecular weight is 418 g/mol. The maximum atomic E-state index is 13.3. The van der Waals surface area contributed by atoms with Gasteiger partial charge in [0.1, 0.15) is 11.5 Å². The Hall–Kier alpha value is -2.44. The molecule has 28 heavy (non-hydrogen) atoms. The molecule has 0 bridgehead atoms. The predicted molar refractivity (Wildman–Crippen MR) is 113 cm³/mol. The number of halogens is 1. The van der Waals surface area contributed by atoms with Gasteiger partial charge in [-0.25, -0.2) is 4.90 Å². The van der Waals surface area contributed by atoms with Gasteiger partial charge in [0.15, 0.2) is 0 Å². The highest BCUT2D eigenvalue weighted by Crippen LogP contribution is 2.43. The summed E-state index contributed by atoms with van der Waals surface area (Å²) in [6.07, 6.45) is 0. The van der Waals surface area contributed by atoms with E-state index in [1.807, 2.05) is 13.8 Å². The number of thioether (sulfide) groups is 1. The number of carbonyl (C=O) groups is 2. The van der Waals surface area contributed by atoms with Crippen LogP contribution in [-0.2, 0) is 9.59 Å². The molecule has 0 unspecified atom stereocenters. The number of ether oxygens (including phenoxy) is 2. The molecule has 0 atom stereocenters. The van der Waals surface area contributed by atoms with Crippen LogP contribution in [0.15, 0.2) is 47.4 Å². The summed E-state index contributed by atoms with van der Waals surface area (Å²) in [7, 11) is 3.03. The molecule has 2 aromatic carbocycles. The number of hydrogen-bond acceptors (Lipinski definition) is 5. The predicted octanol–water partition coefficient (Wildman–Crippen LogP) is 4.78. The lowest BCUT2D eigenvalue weighted by molar-refractivity contribution is -0.119. The standard InChI is InChI=1S/C21H20ClNO4S/c1-12(2)28-19-18(13-5-7-14(22)8-6-13)20(24)23(21(19)25)16-10-9-15(26-3)11-17(16)27-4/h5-12H,1-4H3. The minimum absolute atomic E-state index is 0.131. The van der Waals surface area contributed by atoms with Crippen LogP contribution in [-0.4, -0.2) is 31.3 Å². The summed E-state index contributed by atoms with van der Waals surface area (Å²) in [4.78, 5) is 28.1. The van der Waals surface area contributed by atoms with Crippen LogP contribution in [0.4, 0.5) is 5.69 Å². The Kier molecular flexibility index (Phi) is 6.01. The molecule has 0 spiro atoms. The first-order chi connectivity index (χ1) is 13.4. The zero-order valence-corrected chi connectivity index (χ0v) is 17.6. The summed E-state index contributed by atoms with van der Waals surface area (Å²) < 4.78 is 10.6. The van der Waals surface area contributed by atoms with Crippen molar-refractivity contribution in [2.24, 2.45) is 0 Å². The van der Waals surface area contributed by atoms with E-state index < -0.39 is 0 Å². The fraction of sp³-hybridized carbons (Fsp3) is 0.238. The van der Waals surface area contributed by atoms with E-state index in [9.17, 15) is 9.59 Å². The van der Waals surface area contributed by atoms with Crippen LogP contribution in [0.25, 0.3) is 5.57 Å². The SMILES string of the molecule is COc1ccc(N2C(=O)C(SC(C)C)=C(c3ccc(Cl)cc3)C2=O)c(OC)c1. The van der Waals surface area contributed by atoms with Gasteiger partial charge in [-0.2, -0.15) is 0 Å². The van der Waals surface area contributed by atoms with E-state index in [1.54, 1.807) is 42.5 Å². The molecule has 1 heterocycles. The highest BCUT2D eigenvalue weighted by Gasteiger charge is 2.41. The summed E-state index contributed by atoms with van der Waals surface area (Å²) in [6, 6.07) is 11.9. The molecule has 0 saturated heterocycles. The molecular weight excluding hydrogens is 398 g/mol. The molecule has 1 aliphatic heterocycles. The first kappa shape index (κ1) is 20.3. The lowest BCUT2D eigenvalue weighted by Crippen LogP contribution is -2.31. The highest BCUT2D eigenvalue weighted by molar-refractivity contribution is 8.04. The number of imide groups is 1. The first-order valence-electron chi connectivity index (χ1n) is 8.65. The molecule has 7 heteroatoms. The fourth-order valence-corrected chi connectivity index (χ4v) is 4.03. The Morgan fingerprint density at radius 2 is 1.64 bits per heavy atom. The number of amides is 2. The molecule has 5 nitrogen and oxygen atoms in total. The zero-order chi connectivity index (χ0) is 20.4. The summed E-state index contributed by atoms with van der Waals surface area (Å²) in [5.41, 5.74) is 1.41. The van der Waals surface area contributed by atoms with Gasteiger partial charge in [-0.15, -0.1) is 11.8 Å². The van der Waals surface area contributed by atoms with Gasteiger partial charge >= 0.3 is 0 Å². The molecular formula is C21H20ClNO4S. The third-order valence-corrected chi connectivity index (χ3v) is 5.49. The summed E-state index contributed by atoms with van der Waals surface area (Å²) >= 11 is 7.35. The van der Waals surface area contributed by atoms with Crippen LogP contribution in [0, 0.1) is 0 Å². The van der Waals surface area contributed by atoms with Gasteiger partial charge in [0.25, 0.3) is 11.8 Å². The van der Waals surface area contributed by atoms with Crippen molar-refractivity contribution in [1.29, 1.82) is 0 Å². The molecule has 0 fully saturated rings. The second kappa shape index (κ2) is 8.29. The van der Waals surface area contributed by atoms with Gasteiger partial charge < -0.3 is 9.47 Å². The first-order valence-corrected chi connectivity index (χ1v) is 9.90. The Labute approximate surface area is 173 Å². The fourth-order valence-electron chi connectivity index (χ4n) is 2.91. The van der Waals surface area contributed by atoms with E-state index in [2.05, 4.69) is 0 Å². The van der Waals surface area contributed by atoms with Crippen molar-refractivity contribution in [3.8, 4) is 11.5 Å². The number of rotatable bonds is 6. The second-order valence-electron chi connectivity index (χ2n) is 6.36. The largest absolute Gasteiger partial charge is 0.497 e. The highest BCUT2D eigenvalue weighted by atomic mass is 35.5. The van der Waals surface area contributed by atoms with Crippen molar-refractivity contribution in [2.45, 2.75) is 19.1 Å². The third kappa shape index (κ3) is 3.75. The quantitative estimate of drug-likeness (QED) is 0.633. The normalized spacial score (nSPS) is 14.3. The maximum Gasteiger partial charge on any atom is 0.272 e. The second-order valence-corrected chi connectivity index (χ2v) is 8.38. The van der Waals surface area contributed by atoms with Crippen LogP contribution in [0.5, 0.6) is 11.5 Å². The van der Waals surface area contributed by atoms with E-state index in [0.29, 0.717) is 38.3 Å². The molecule has 0 aliphatic carbocycles. The summed E-state index contributed by atoms with van der Waals surface area (Å²) in [5, 5.41) is 0.694. The Bertz CT molecular complexity index is 953. The van der Waals surface area contributed by atoms with Gasteiger partial charge in [0.2, 0.25) is 0 Å². The maximum absolute atomic E-state index is 13.3. The lowest BCUT2D eigenvalue weighted by atomic mass is 10.1. The van der Waals surface area contributed by atoms with Crippen LogP contribution in [0.1, 0.15) is 19.4 Å². The molecule has 2 aromatic rings. The smallest absolute Gasteiger partial charge is 0.272 e. The van der Waals surface area contributed by atoms with Crippen LogP contribution >= 0.6 is 23.4 Å². The topological polar surface area (TPSA) is 55.8 Å². The molecule has 1 aliphatic rings. The van der Waals surface area contributed by atoms with Crippen molar-refractivity contribution in [3.63, 3.8) is 0 Å². The number of anilines is 1. The van der Waals surface area contributed by atoms with Gasteiger partial charge in [-0.3, -0.25) is 9.59 Å². The van der Waals surface area contributed by atoms with Gasteiger partial charge in [-0.1, -0.05) is 37.6 Å². The Balaban J connectivity index is 2.12. The molecule has 0 radical (unpaired) electrons. The zero-order valence-electron chi connectivity index (χ0n) is 16.0. The Morgan fingerprint density at radius 1 is 0.964 bits per heavy atom. The van der Waals surface area contributed by atoms with Crippen molar-refractivity contribution in [3.05, 3.63) is 58.0 Å². The van der Waals surface area contributed by atoms with Crippen LogP contribution in [0.3, 0.4) is 0 Å². The van der Waals surface area contributed by atoms with Gasteiger partial charge in [-0.05, 0) is 29.8 Å². The van der Waals surface area contributed by atoms with Crippen LogP contribution in [0.2, 0.25) is 5.02 Å². The third-order valence-electron chi connectivity index (χ3n) is 4.16. The molecule has 0 aromatic heterocycles. The van der Waals surface area contributed by atoms with Gasteiger partial charge in [0.05, 0.1) is 30.4 Å².